The Balaban J connectivity index is 1.45. The number of hydrogen-bond donors (Lipinski definition) is 1. The van der Waals surface area contributed by atoms with Gasteiger partial charge >= 0.3 is 0 Å². The lowest BCUT2D eigenvalue weighted by Gasteiger charge is -2.10. The SMILES string of the molecule is Cc1noc(C)c1CCC(=O)NCCn1c(C)cnc1C1CC1. The van der Waals surface area contributed by atoms with Crippen LogP contribution in [0.3, 0.4) is 0 Å². The van der Waals surface area contributed by atoms with Crippen LogP contribution in [0.2, 0.25) is 0 Å². The summed E-state index contributed by atoms with van der Waals surface area (Å²) >= 11 is 0. The zero-order chi connectivity index (χ0) is 16.4. The lowest BCUT2D eigenvalue weighted by Crippen LogP contribution is -2.28. The van der Waals surface area contributed by atoms with Crippen LogP contribution in [0, 0.1) is 20.8 Å². The number of aromatic nitrogens is 3. The molecule has 1 fully saturated rings. The lowest BCUT2D eigenvalue weighted by molar-refractivity contribution is -0.121. The predicted octanol–water partition coefficient (Wildman–Crippen LogP) is 2.42. The highest BCUT2D eigenvalue weighted by molar-refractivity contribution is 5.76. The zero-order valence-corrected chi connectivity index (χ0v) is 14.1. The number of nitrogens with zero attached hydrogens (tertiary/aromatic N) is 3. The summed E-state index contributed by atoms with van der Waals surface area (Å²) in [4.78, 5) is 16.5. The Hall–Kier alpha value is -2.11. The van der Waals surface area contributed by atoms with Crippen LogP contribution in [-0.2, 0) is 17.8 Å². The summed E-state index contributed by atoms with van der Waals surface area (Å²) in [6, 6.07) is 0. The molecule has 0 unspecified atom stereocenters. The van der Waals surface area contributed by atoms with E-state index in [1.165, 1.54) is 18.7 Å². The smallest absolute Gasteiger partial charge is 0.220 e. The number of amides is 1. The standard InChI is InChI=1S/C17H24N4O2/c1-11-10-19-17(14-4-5-14)21(11)9-8-18-16(22)7-6-15-12(2)20-23-13(15)3/h10,14H,4-9H2,1-3H3,(H,18,22). The Bertz CT molecular complexity index is 678. The normalized spacial score (nSPS) is 14.2. The van der Waals surface area contributed by atoms with Crippen LogP contribution in [0.5, 0.6) is 0 Å². The zero-order valence-electron chi connectivity index (χ0n) is 14.1. The predicted molar refractivity (Wildman–Crippen MR) is 86.2 cm³/mol. The van der Waals surface area contributed by atoms with Crippen LogP contribution in [-0.4, -0.2) is 27.2 Å². The summed E-state index contributed by atoms with van der Waals surface area (Å²) in [6.45, 7) is 7.28. The molecule has 0 radical (unpaired) electrons. The quantitative estimate of drug-likeness (QED) is 0.851. The van der Waals surface area contributed by atoms with Crippen LogP contribution < -0.4 is 5.32 Å². The van der Waals surface area contributed by atoms with E-state index in [-0.39, 0.29) is 5.91 Å². The number of imidazole rings is 1. The summed E-state index contributed by atoms with van der Waals surface area (Å²) in [7, 11) is 0. The lowest BCUT2D eigenvalue weighted by atomic mass is 10.1. The fraction of sp³-hybridized carbons (Fsp3) is 0.588. The molecule has 0 aliphatic heterocycles. The van der Waals surface area contributed by atoms with Gasteiger partial charge in [0.2, 0.25) is 5.91 Å². The van der Waals surface area contributed by atoms with E-state index in [1.807, 2.05) is 20.0 Å². The molecule has 1 aliphatic rings. The molecule has 6 heteroatoms. The van der Waals surface area contributed by atoms with Gasteiger partial charge in [-0.25, -0.2) is 4.98 Å². The van der Waals surface area contributed by atoms with Gasteiger partial charge in [0, 0.05) is 42.9 Å². The topological polar surface area (TPSA) is 73.0 Å². The number of rotatable bonds is 7. The van der Waals surface area contributed by atoms with Crippen molar-refractivity contribution in [2.45, 2.75) is 58.9 Å². The number of nitrogens with one attached hydrogen (secondary N) is 1. The van der Waals surface area contributed by atoms with Crippen LogP contribution >= 0.6 is 0 Å². The van der Waals surface area contributed by atoms with Gasteiger partial charge in [-0.3, -0.25) is 4.79 Å². The number of aryl methyl sites for hydroxylation is 3. The second-order valence-corrected chi connectivity index (χ2v) is 6.34. The monoisotopic (exact) mass is 316 g/mol. The van der Waals surface area contributed by atoms with Crippen molar-refractivity contribution in [2.75, 3.05) is 6.54 Å². The summed E-state index contributed by atoms with van der Waals surface area (Å²) < 4.78 is 7.35. The molecule has 6 nitrogen and oxygen atoms in total. The maximum absolute atomic E-state index is 12.0. The fourth-order valence-electron chi connectivity index (χ4n) is 2.93. The molecule has 1 N–H and O–H groups in total. The first kappa shape index (κ1) is 15.8. The van der Waals surface area contributed by atoms with Crippen molar-refractivity contribution < 1.29 is 9.32 Å². The Kier molecular flexibility index (Phi) is 4.50. The van der Waals surface area contributed by atoms with Crippen molar-refractivity contribution in [3.63, 3.8) is 0 Å². The molecule has 2 aromatic rings. The van der Waals surface area contributed by atoms with Gasteiger partial charge in [-0.2, -0.15) is 0 Å². The molecule has 0 spiro atoms. The minimum atomic E-state index is 0.0655. The molecule has 0 atom stereocenters. The van der Waals surface area contributed by atoms with E-state index in [4.69, 9.17) is 4.52 Å². The van der Waals surface area contributed by atoms with Gasteiger partial charge < -0.3 is 14.4 Å². The van der Waals surface area contributed by atoms with E-state index in [0.717, 1.165) is 29.3 Å². The molecule has 124 valence electrons. The molecule has 0 aromatic carbocycles. The van der Waals surface area contributed by atoms with E-state index in [9.17, 15) is 4.79 Å². The molecular formula is C17H24N4O2. The maximum atomic E-state index is 12.0. The van der Waals surface area contributed by atoms with E-state index in [2.05, 4.69) is 26.9 Å². The Morgan fingerprint density at radius 3 is 2.83 bits per heavy atom. The molecular weight excluding hydrogens is 292 g/mol. The first-order chi connectivity index (χ1) is 11.1. The molecule has 1 saturated carbocycles. The van der Waals surface area contributed by atoms with Gasteiger partial charge in [-0.1, -0.05) is 5.16 Å². The van der Waals surface area contributed by atoms with Crippen molar-refractivity contribution in [1.82, 2.24) is 20.0 Å². The first-order valence-electron chi connectivity index (χ1n) is 8.26. The fourth-order valence-corrected chi connectivity index (χ4v) is 2.93. The molecule has 3 rings (SSSR count). The van der Waals surface area contributed by atoms with Crippen LogP contribution in [0.4, 0.5) is 0 Å². The van der Waals surface area contributed by atoms with E-state index in [0.29, 0.717) is 25.3 Å². The molecule has 1 aliphatic carbocycles. The third-order valence-electron chi connectivity index (χ3n) is 4.47. The van der Waals surface area contributed by atoms with Gasteiger partial charge in [0.05, 0.1) is 5.69 Å². The van der Waals surface area contributed by atoms with E-state index < -0.39 is 0 Å². The highest BCUT2D eigenvalue weighted by Crippen LogP contribution is 2.39. The number of hydrogen-bond acceptors (Lipinski definition) is 4. The molecule has 0 bridgehead atoms. The first-order valence-corrected chi connectivity index (χ1v) is 8.26. The Morgan fingerprint density at radius 1 is 1.39 bits per heavy atom. The Labute approximate surface area is 136 Å². The highest BCUT2D eigenvalue weighted by atomic mass is 16.5. The van der Waals surface area contributed by atoms with Gasteiger partial charge in [-0.15, -0.1) is 0 Å². The van der Waals surface area contributed by atoms with Gasteiger partial charge in [-0.05, 0) is 40.0 Å². The largest absolute Gasteiger partial charge is 0.361 e. The summed E-state index contributed by atoms with van der Waals surface area (Å²) in [5, 5.41) is 6.91. The molecule has 2 aromatic heterocycles. The van der Waals surface area contributed by atoms with Crippen LogP contribution in [0.15, 0.2) is 10.7 Å². The number of carbonyl (C=O) groups excluding carboxylic acids is 1. The van der Waals surface area contributed by atoms with Crippen LogP contribution in [0.1, 0.15) is 53.7 Å². The number of carbonyl (C=O) groups is 1. The van der Waals surface area contributed by atoms with Gasteiger partial charge in [0.15, 0.2) is 0 Å². The highest BCUT2D eigenvalue weighted by Gasteiger charge is 2.28. The second kappa shape index (κ2) is 6.56. The average Bonchev–Trinajstić information content (AvgIpc) is 3.23. The van der Waals surface area contributed by atoms with E-state index >= 15 is 0 Å². The van der Waals surface area contributed by atoms with Gasteiger partial charge in [0.25, 0.3) is 0 Å². The third-order valence-corrected chi connectivity index (χ3v) is 4.47. The van der Waals surface area contributed by atoms with E-state index in [1.54, 1.807) is 0 Å². The minimum absolute atomic E-state index is 0.0655. The maximum Gasteiger partial charge on any atom is 0.220 e. The van der Waals surface area contributed by atoms with Crippen molar-refractivity contribution in [3.8, 4) is 0 Å². The summed E-state index contributed by atoms with van der Waals surface area (Å²) in [5.41, 5.74) is 3.08. The minimum Gasteiger partial charge on any atom is -0.361 e. The average molecular weight is 316 g/mol. The second-order valence-electron chi connectivity index (χ2n) is 6.34. The van der Waals surface area contributed by atoms with Gasteiger partial charge in [0.1, 0.15) is 11.6 Å². The van der Waals surface area contributed by atoms with Crippen molar-refractivity contribution >= 4 is 5.91 Å². The molecule has 1 amide bonds. The summed E-state index contributed by atoms with van der Waals surface area (Å²) in [6.07, 6.45) is 5.53. The van der Waals surface area contributed by atoms with Crippen molar-refractivity contribution in [3.05, 3.63) is 34.7 Å². The van der Waals surface area contributed by atoms with Crippen molar-refractivity contribution in [2.24, 2.45) is 0 Å². The molecule has 0 saturated heterocycles. The molecule has 2 heterocycles. The molecule has 23 heavy (non-hydrogen) atoms. The Morgan fingerprint density at radius 2 is 2.17 bits per heavy atom. The summed E-state index contributed by atoms with van der Waals surface area (Å²) in [5.74, 6) is 2.67. The van der Waals surface area contributed by atoms with Crippen LogP contribution in [0.25, 0.3) is 0 Å². The third kappa shape index (κ3) is 3.63. The van der Waals surface area contributed by atoms with Crippen molar-refractivity contribution in [1.29, 1.82) is 0 Å².